The summed E-state index contributed by atoms with van der Waals surface area (Å²) in [7, 11) is 1.79. The first-order chi connectivity index (χ1) is 19.0. The van der Waals surface area contributed by atoms with Gasteiger partial charge in [0.25, 0.3) is 11.8 Å². The predicted molar refractivity (Wildman–Crippen MR) is 151 cm³/mol. The van der Waals surface area contributed by atoms with Crippen molar-refractivity contribution in [3.63, 3.8) is 0 Å². The monoisotopic (exact) mass is 528 g/mol. The highest BCUT2D eigenvalue weighted by molar-refractivity contribution is 6.05. The molecule has 2 heterocycles. The molecule has 5 rings (SSSR count). The van der Waals surface area contributed by atoms with Crippen LogP contribution in [0.2, 0.25) is 0 Å². The lowest BCUT2D eigenvalue weighted by Gasteiger charge is -2.28. The van der Waals surface area contributed by atoms with Crippen molar-refractivity contribution < 1.29 is 18.8 Å². The number of hydrogen-bond acceptors (Lipinski definition) is 5. The summed E-state index contributed by atoms with van der Waals surface area (Å²) in [5, 5.41) is 2.85. The molecule has 8 nitrogen and oxygen atoms in total. The van der Waals surface area contributed by atoms with Gasteiger partial charge in [0.15, 0.2) is 5.76 Å². The van der Waals surface area contributed by atoms with Gasteiger partial charge in [0.05, 0.1) is 11.8 Å². The smallest absolute Gasteiger partial charge is 0.291 e. The molecule has 1 aromatic heterocycles. The van der Waals surface area contributed by atoms with E-state index in [1.165, 1.54) is 6.26 Å². The molecule has 0 radical (unpaired) electrons. The van der Waals surface area contributed by atoms with Gasteiger partial charge in [-0.1, -0.05) is 43.2 Å². The van der Waals surface area contributed by atoms with Gasteiger partial charge in [0, 0.05) is 57.1 Å². The summed E-state index contributed by atoms with van der Waals surface area (Å²) in [6, 6.07) is 18.6. The SMILES string of the molecule is CN(Cc1ccccc1)C(=O)c1cc(NC(=O)c2ccco2)ccc1N1CCCN(C(=O)C2CCCC2)CC1. The van der Waals surface area contributed by atoms with E-state index in [1.807, 2.05) is 47.4 Å². The molecule has 204 valence electrons. The van der Waals surface area contributed by atoms with Crippen molar-refractivity contribution >= 4 is 29.1 Å². The van der Waals surface area contributed by atoms with E-state index in [9.17, 15) is 14.4 Å². The third kappa shape index (κ3) is 6.33. The summed E-state index contributed by atoms with van der Waals surface area (Å²) in [5.41, 5.74) is 2.88. The lowest BCUT2D eigenvalue weighted by Crippen LogP contribution is -2.38. The van der Waals surface area contributed by atoms with Gasteiger partial charge < -0.3 is 24.4 Å². The Morgan fingerprint density at radius 3 is 2.46 bits per heavy atom. The Bertz CT molecular complexity index is 1290. The number of rotatable bonds is 7. The van der Waals surface area contributed by atoms with E-state index in [2.05, 4.69) is 10.2 Å². The van der Waals surface area contributed by atoms with Crippen LogP contribution in [0.1, 0.15) is 58.6 Å². The van der Waals surface area contributed by atoms with Gasteiger partial charge in [-0.15, -0.1) is 0 Å². The second-order valence-electron chi connectivity index (χ2n) is 10.5. The fraction of sp³-hybridized carbons (Fsp3) is 0.387. The summed E-state index contributed by atoms with van der Waals surface area (Å²) in [6.45, 7) is 3.24. The largest absolute Gasteiger partial charge is 0.459 e. The van der Waals surface area contributed by atoms with E-state index < -0.39 is 0 Å². The highest BCUT2D eigenvalue weighted by atomic mass is 16.3. The number of carbonyl (C=O) groups excluding carboxylic acids is 3. The zero-order valence-electron chi connectivity index (χ0n) is 22.5. The van der Waals surface area contributed by atoms with E-state index in [0.717, 1.165) is 56.4 Å². The van der Waals surface area contributed by atoms with E-state index in [4.69, 9.17) is 4.42 Å². The summed E-state index contributed by atoms with van der Waals surface area (Å²) in [4.78, 5) is 45.4. The normalized spacial score (nSPS) is 16.1. The topological polar surface area (TPSA) is 86.1 Å². The number of hydrogen-bond donors (Lipinski definition) is 1. The van der Waals surface area contributed by atoms with E-state index in [1.54, 1.807) is 30.1 Å². The molecule has 2 fully saturated rings. The van der Waals surface area contributed by atoms with Crippen LogP contribution in [0.4, 0.5) is 11.4 Å². The molecule has 2 aromatic carbocycles. The lowest BCUT2D eigenvalue weighted by molar-refractivity contribution is -0.135. The molecule has 3 aromatic rings. The Balaban J connectivity index is 1.38. The van der Waals surface area contributed by atoms with Crippen molar-refractivity contribution in [1.82, 2.24) is 9.80 Å². The average Bonchev–Trinajstić information content (AvgIpc) is 3.64. The van der Waals surface area contributed by atoms with Crippen LogP contribution in [0.25, 0.3) is 0 Å². The van der Waals surface area contributed by atoms with Crippen molar-refractivity contribution in [3.05, 3.63) is 83.8 Å². The predicted octanol–water partition coefficient (Wildman–Crippen LogP) is 5.03. The molecule has 0 atom stereocenters. The van der Waals surface area contributed by atoms with Crippen LogP contribution in [-0.4, -0.2) is 60.7 Å². The van der Waals surface area contributed by atoms with Gasteiger partial charge in [-0.25, -0.2) is 0 Å². The number of furan rings is 1. The molecule has 0 unspecified atom stereocenters. The minimum absolute atomic E-state index is 0.133. The first-order valence-corrected chi connectivity index (χ1v) is 13.8. The molecular formula is C31H36N4O4. The maximum absolute atomic E-state index is 13.8. The number of amides is 3. The van der Waals surface area contributed by atoms with Crippen LogP contribution in [0.5, 0.6) is 0 Å². The maximum atomic E-state index is 13.8. The highest BCUT2D eigenvalue weighted by Gasteiger charge is 2.29. The molecule has 8 heteroatoms. The average molecular weight is 529 g/mol. The van der Waals surface area contributed by atoms with Crippen LogP contribution >= 0.6 is 0 Å². The van der Waals surface area contributed by atoms with Gasteiger partial charge in [-0.3, -0.25) is 14.4 Å². The van der Waals surface area contributed by atoms with Gasteiger partial charge in [0.1, 0.15) is 0 Å². The summed E-state index contributed by atoms with van der Waals surface area (Å²) in [5.74, 6) is 0.139. The van der Waals surface area contributed by atoms with E-state index >= 15 is 0 Å². The Morgan fingerprint density at radius 2 is 1.72 bits per heavy atom. The van der Waals surface area contributed by atoms with E-state index in [0.29, 0.717) is 30.9 Å². The maximum Gasteiger partial charge on any atom is 0.291 e. The van der Waals surface area contributed by atoms with Crippen molar-refractivity contribution in [2.75, 3.05) is 43.4 Å². The fourth-order valence-corrected chi connectivity index (χ4v) is 5.61. The Morgan fingerprint density at radius 1 is 0.923 bits per heavy atom. The summed E-state index contributed by atoms with van der Waals surface area (Å²) < 4.78 is 5.22. The minimum Gasteiger partial charge on any atom is -0.459 e. The molecule has 1 saturated heterocycles. The van der Waals surface area contributed by atoms with Gasteiger partial charge in [-0.05, 0) is 55.2 Å². The molecule has 1 N–H and O–H groups in total. The number of carbonyl (C=O) groups is 3. The molecule has 1 aliphatic carbocycles. The van der Waals surface area contributed by atoms with Crippen molar-refractivity contribution in [2.24, 2.45) is 5.92 Å². The number of anilines is 2. The van der Waals surface area contributed by atoms with Crippen molar-refractivity contribution in [1.29, 1.82) is 0 Å². The molecule has 0 bridgehead atoms. The van der Waals surface area contributed by atoms with Gasteiger partial charge >= 0.3 is 0 Å². The Kier molecular flexibility index (Phi) is 8.30. The molecule has 1 aliphatic heterocycles. The second-order valence-corrected chi connectivity index (χ2v) is 10.5. The second kappa shape index (κ2) is 12.2. The number of benzene rings is 2. The zero-order chi connectivity index (χ0) is 27.2. The molecule has 2 aliphatic rings. The summed E-state index contributed by atoms with van der Waals surface area (Å²) >= 11 is 0. The van der Waals surface area contributed by atoms with Crippen molar-refractivity contribution in [2.45, 2.75) is 38.6 Å². The first-order valence-electron chi connectivity index (χ1n) is 13.8. The number of nitrogens with zero attached hydrogens (tertiary/aromatic N) is 3. The Hall–Kier alpha value is -4.07. The fourth-order valence-electron chi connectivity index (χ4n) is 5.61. The molecule has 1 saturated carbocycles. The first kappa shape index (κ1) is 26.5. The molecule has 3 amide bonds. The minimum atomic E-state index is -0.375. The van der Waals surface area contributed by atoms with Crippen LogP contribution < -0.4 is 10.2 Å². The van der Waals surface area contributed by atoms with Gasteiger partial charge in [0.2, 0.25) is 5.91 Å². The zero-order valence-corrected chi connectivity index (χ0v) is 22.5. The highest BCUT2D eigenvalue weighted by Crippen LogP contribution is 2.30. The third-order valence-electron chi connectivity index (χ3n) is 7.69. The van der Waals surface area contributed by atoms with E-state index in [-0.39, 0.29) is 29.4 Å². The molecule has 39 heavy (non-hydrogen) atoms. The van der Waals surface area contributed by atoms with Crippen LogP contribution in [0.3, 0.4) is 0 Å². The van der Waals surface area contributed by atoms with Crippen LogP contribution in [-0.2, 0) is 11.3 Å². The quantitative estimate of drug-likeness (QED) is 0.465. The van der Waals surface area contributed by atoms with Crippen LogP contribution in [0, 0.1) is 5.92 Å². The Labute approximate surface area is 229 Å². The third-order valence-corrected chi connectivity index (χ3v) is 7.69. The van der Waals surface area contributed by atoms with Crippen LogP contribution in [0.15, 0.2) is 71.3 Å². The molecule has 0 spiro atoms. The lowest BCUT2D eigenvalue weighted by atomic mass is 10.1. The van der Waals surface area contributed by atoms with Crippen molar-refractivity contribution in [3.8, 4) is 0 Å². The summed E-state index contributed by atoms with van der Waals surface area (Å²) in [6.07, 6.45) is 6.56. The standard InChI is InChI=1S/C31H36N4O4/c1-33(22-23-9-3-2-4-10-23)31(38)26-21-25(32-29(36)28-13-7-20-39-28)14-15-27(26)34-16-8-17-35(19-18-34)30(37)24-11-5-6-12-24/h2-4,7,9-10,13-15,20-21,24H,5-6,8,11-12,16-19,22H2,1H3,(H,32,36). The number of nitrogens with one attached hydrogen (secondary N) is 1. The van der Waals surface area contributed by atoms with Gasteiger partial charge in [-0.2, -0.15) is 0 Å². The molecular weight excluding hydrogens is 492 g/mol.